The molecule has 0 unspecified atom stereocenters. The Hall–Kier alpha value is -2.83. The molecule has 0 aliphatic carbocycles. The Balaban J connectivity index is 1.44. The van der Waals surface area contributed by atoms with Crippen LogP contribution < -0.4 is 19.7 Å². The molecule has 0 atom stereocenters. The fourth-order valence-corrected chi connectivity index (χ4v) is 3.04. The second-order valence-corrected chi connectivity index (χ2v) is 6.12. The van der Waals surface area contributed by atoms with E-state index in [-0.39, 0.29) is 11.6 Å². The van der Waals surface area contributed by atoms with Gasteiger partial charge in [0.05, 0.1) is 12.4 Å². The minimum atomic E-state index is -0.297. The molecule has 7 heteroatoms. The van der Waals surface area contributed by atoms with Crippen LogP contribution >= 0.6 is 0 Å². The summed E-state index contributed by atoms with van der Waals surface area (Å²) < 4.78 is 11.0. The number of carbonyl (C=O) groups is 1. The van der Waals surface area contributed by atoms with Crippen LogP contribution in [0.15, 0.2) is 30.6 Å². The van der Waals surface area contributed by atoms with E-state index in [1.807, 2.05) is 0 Å². The molecule has 0 saturated carbocycles. The highest BCUT2D eigenvalue weighted by atomic mass is 16.6. The van der Waals surface area contributed by atoms with E-state index in [2.05, 4.69) is 20.2 Å². The van der Waals surface area contributed by atoms with Crippen molar-refractivity contribution in [1.29, 1.82) is 0 Å². The van der Waals surface area contributed by atoms with Gasteiger partial charge in [-0.25, -0.2) is 9.97 Å². The number of hydrogen-bond donors (Lipinski definition) is 1. The Morgan fingerprint density at radius 2 is 1.80 bits per heavy atom. The molecule has 2 aliphatic heterocycles. The Kier molecular flexibility index (Phi) is 4.37. The first-order valence-electron chi connectivity index (χ1n) is 8.57. The first-order chi connectivity index (χ1) is 12.3. The van der Waals surface area contributed by atoms with Gasteiger partial charge in [-0.1, -0.05) is 0 Å². The predicted octanol–water partition coefficient (Wildman–Crippen LogP) is 2.49. The third kappa shape index (κ3) is 3.50. The molecular weight excluding hydrogens is 320 g/mol. The SMILES string of the molecule is O=C(Nc1ccc2c(c1)OCCO2)c1cnc(N2CCCCC2)cn1. The normalized spacial score (nSPS) is 16.4. The van der Waals surface area contributed by atoms with Crippen LogP contribution in [0.4, 0.5) is 11.5 Å². The summed E-state index contributed by atoms with van der Waals surface area (Å²) >= 11 is 0. The molecule has 7 nitrogen and oxygen atoms in total. The lowest BCUT2D eigenvalue weighted by atomic mass is 10.1. The Morgan fingerprint density at radius 1 is 1.00 bits per heavy atom. The molecule has 0 bridgehead atoms. The van der Waals surface area contributed by atoms with Crippen molar-refractivity contribution < 1.29 is 14.3 Å². The van der Waals surface area contributed by atoms with Crippen LogP contribution in [0.2, 0.25) is 0 Å². The molecule has 0 spiro atoms. The second kappa shape index (κ2) is 6.96. The van der Waals surface area contributed by atoms with Crippen LogP contribution in [-0.2, 0) is 0 Å². The standard InChI is InChI=1S/C18H20N4O3/c23-18(21-13-4-5-15-16(10-13)25-9-8-24-15)14-11-20-17(12-19-14)22-6-2-1-3-7-22/h4-5,10-12H,1-3,6-9H2,(H,21,23). The van der Waals surface area contributed by atoms with E-state index in [1.165, 1.54) is 25.5 Å². The molecule has 2 aliphatic rings. The molecular formula is C18H20N4O3. The minimum Gasteiger partial charge on any atom is -0.486 e. The maximum absolute atomic E-state index is 12.4. The predicted molar refractivity (Wildman–Crippen MR) is 93.5 cm³/mol. The van der Waals surface area contributed by atoms with E-state index < -0.39 is 0 Å². The number of benzene rings is 1. The fraction of sp³-hybridized carbons (Fsp3) is 0.389. The molecule has 1 aromatic heterocycles. The van der Waals surface area contributed by atoms with Crippen molar-refractivity contribution in [2.45, 2.75) is 19.3 Å². The highest BCUT2D eigenvalue weighted by molar-refractivity contribution is 6.02. The molecule has 1 amide bonds. The maximum atomic E-state index is 12.4. The first-order valence-corrected chi connectivity index (χ1v) is 8.57. The number of hydrogen-bond acceptors (Lipinski definition) is 6. The number of rotatable bonds is 3. The van der Waals surface area contributed by atoms with Crippen molar-refractivity contribution in [3.05, 3.63) is 36.3 Å². The van der Waals surface area contributed by atoms with Gasteiger partial charge in [-0.3, -0.25) is 4.79 Å². The largest absolute Gasteiger partial charge is 0.486 e. The molecule has 4 rings (SSSR count). The number of fused-ring (bicyclic) bond motifs is 1. The van der Waals surface area contributed by atoms with Gasteiger partial charge >= 0.3 is 0 Å². The molecule has 1 saturated heterocycles. The summed E-state index contributed by atoms with van der Waals surface area (Å²) in [6, 6.07) is 5.32. The number of aromatic nitrogens is 2. The number of carbonyl (C=O) groups excluding carboxylic acids is 1. The Labute approximate surface area is 146 Å². The quantitative estimate of drug-likeness (QED) is 0.925. The Bertz CT molecular complexity index is 757. The van der Waals surface area contributed by atoms with Crippen molar-refractivity contribution in [2.24, 2.45) is 0 Å². The molecule has 0 radical (unpaired) electrons. The lowest BCUT2D eigenvalue weighted by Gasteiger charge is -2.27. The van der Waals surface area contributed by atoms with Crippen molar-refractivity contribution >= 4 is 17.4 Å². The van der Waals surface area contributed by atoms with Gasteiger partial charge in [-0.2, -0.15) is 0 Å². The molecule has 25 heavy (non-hydrogen) atoms. The van der Waals surface area contributed by atoms with Gasteiger partial charge in [0.2, 0.25) is 0 Å². The van der Waals surface area contributed by atoms with Crippen molar-refractivity contribution in [1.82, 2.24) is 9.97 Å². The average molecular weight is 340 g/mol. The van der Waals surface area contributed by atoms with Crippen LogP contribution in [0, 0.1) is 0 Å². The zero-order chi connectivity index (χ0) is 17.1. The summed E-state index contributed by atoms with van der Waals surface area (Å²) in [7, 11) is 0. The van der Waals surface area contributed by atoms with Gasteiger partial charge < -0.3 is 19.7 Å². The van der Waals surface area contributed by atoms with Gasteiger partial charge in [-0.15, -0.1) is 0 Å². The van der Waals surface area contributed by atoms with E-state index in [9.17, 15) is 4.79 Å². The van der Waals surface area contributed by atoms with E-state index in [1.54, 1.807) is 24.4 Å². The van der Waals surface area contributed by atoms with Crippen molar-refractivity contribution in [3.8, 4) is 11.5 Å². The third-order valence-corrected chi connectivity index (χ3v) is 4.35. The number of ether oxygens (including phenoxy) is 2. The Morgan fingerprint density at radius 3 is 2.56 bits per heavy atom. The maximum Gasteiger partial charge on any atom is 0.275 e. The number of anilines is 2. The monoisotopic (exact) mass is 340 g/mol. The summed E-state index contributed by atoms with van der Waals surface area (Å²) in [6.07, 6.45) is 6.81. The molecule has 1 fully saturated rings. The molecule has 1 N–H and O–H groups in total. The van der Waals surface area contributed by atoms with Crippen molar-refractivity contribution in [3.63, 3.8) is 0 Å². The summed E-state index contributed by atoms with van der Waals surface area (Å²) in [5.74, 6) is 1.86. The summed E-state index contributed by atoms with van der Waals surface area (Å²) in [6.45, 7) is 3.04. The lowest BCUT2D eigenvalue weighted by molar-refractivity contribution is 0.102. The molecule has 1 aromatic carbocycles. The van der Waals surface area contributed by atoms with Crippen LogP contribution in [0.25, 0.3) is 0 Å². The van der Waals surface area contributed by atoms with E-state index in [0.717, 1.165) is 18.9 Å². The third-order valence-electron chi connectivity index (χ3n) is 4.35. The van der Waals surface area contributed by atoms with Gasteiger partial charge in [0.25, 0.3) is 5.91 Å². The number of nitrogens with zero attached hydrogens (tertiary/aromatic N) is 3. The molecule has 2 aromatic rings. The molecule has 3 heterocycles. The van der Waals surface area contributed by atoms with Crippen LogP contribution in [0.3, 0.4) is 0 Å². The minimum absolute atomic E-state index is 0.288. The highest BCUT2D eigenvalue weighted by Crippen LogP contribution is 2.32. The van der Waals surface area contributed by atoms with Gasteiger partial charge in [0.15, 0.2) is 11.5 Å². The zero-order valence-electron chi connectivity index (χ0n) is 13.9. The summed E-state index contributed by atoms with van der Waals surface area (Å²) in [5.41, 5.74) is 0.923. The highest BCUT2D eigenvalue weighted by Gasteiger charge is 2.16. The van der Waals surface area contributed by atoms with Gasteiger partial charge in [0, 0.05) is 24.8 Å². The zero-order valence-corrected chi connectivity index (χ0v) is 13.9. The van der Waals surface area contributed by atoms with E-state index in [0.29, 0.717) is 30.4 Å². The van der Waals surface area contributed by atoms with Gasteiger partial charge in [0.1, 0.15) is 24.7 Å². The van der Waals surface area contributed by atoms with Crippen LogP contribution in [0.5, 0.6) is 11.5 Å². The lowest BCUT2D eigenvalue weighted by Crippen LogP contribution is -2.30. The summed E-state index contributed by atoms with van der Waals surface area (Å²) in [5, 5.41) is 2.82. The van der Waals surface area contributed by atoms with Crippen LogP contribution in [0.1, 0.15) is 29.8 Å². The fourth-order valence-electron chi connectivity index (χ4n) is 3.04. The topological polar surface area (TPSA) is 76.6 Å². The van der Waals surface area contributed by atoms with Crippen LogP contribution in [-0.4, -0.2) is 42.2 Å². The smallest absolute Gasteiger partial charge is 0.275 e. The summed E-state index contributed by atoms with van der Waals surface area (Å²) in [4.78, 5) is 23.2. The van der Waals surface area contributed by atoms with Crippen molar-refractivity contribution in [2.75, 3.05) is 36.5 Å². The first kappa shape index (κ1) is 15.7. The number of piperidine rings is 1. The number of nitrogens with one attached hydrogen (secondary N) is 1. The van der Waals surface area contributed by atoms with E-state index in [4.69, 9.17) is 9.47 Å². The average Bonchev–Trinajstić information content (AvgIpc) is 2.69. The second-order valence-electron chi connectivity index (χ2n) is 6.12. The number of amides is 1. The van der Waals surface area contributed by atoms with E-state index >= 15 is 0 Å². The molecule has 130 valence electrons. The van der Waals surface area contributed by atoms with Gasteiger partial charge in [-0.05, 0) is 31.4 Å².